The summed E-state index contributed by atoms with van der Waals surface area (Å²) in [5, 5.41) is 10.6. The van der Waals surface area contributed by atoms with Crippen LogP contribution in [0.4, 0.5) is 10.1 Å². The smallest absolute Gasteiger partial charge is 0.328 e. The third-order valence-electron chi connectivity index (χ3n) is 1.57. The highest BCUT2D eigenvalue weighted by molar-refractivity contribution is 6.30. The zero-order valence-electron chi connectivity index (χ0n) is 7.91. The fourth-order valence-electron chi connectivity index (χ4n) is 0.912. The maximum Gasteiger partial charge on any atom is 0.328 e. The first kappa shape index (κ1) is 12.2. The molecule has 1 rings (SSSR count). The minimum Gasteiger partial charge on any atom is -0.478 e. The van der Waals surface area contributed by atoms with Crippen molar-refractivity contribution in [3.8, 4) is 0 Å². The summed E-state index contributed by atoms with van der Waals surface area (Å²) in [6.45, 7) is 0. The fraction of sp³-hybridized carbons (Fsp3) is 0. The summed E-state index contributed by atoms with van der Waals surface area (Å²) in [7, 11) is 0. The van der Waals surface area contributed by atoms with E-state index in [1.165, 1.54) is 12.1 Å². The lowest BCUT2D eigenvalue weighted by atomic mass is 10.3. The van der Waals surface area contributed by atoms with Gasteiger partial charge < -0.3 is 10.4 Å². The van der Waals surface area contributed by atoms with Crippen LogP contribution in [0.1, 0.15) is 0 Å². The van der Waals surface area contributed by atoms with E-state index in [9.17, 15) is 14.0 Å². The molecule has 16 heavy (non-hydrogen) atoms. The second-order valence-corrected chi connectivity index (χ2v) is 3.22. The zero-order valence-corrected chi connectivity index (χ0v) is 8.66. The third-order valence-corrected chi connectivity index (χ3v) is 1.80. The largest absolute Gasteiger partial charge is 0.478 e. The second kappa shape index (κ2) is 5.27. The lowest BCUT2D eigenvalue weighted by molar-refractivity contribution is -0.131. The Balaban J connectivity index is 2.73. The summed E-state index contributed by atoms with van der Waals surface area (Å²) in [5.74, 6) is -2.68. The first-order chi connectivity index (χ1) is 7.49. The van der Waals surface area contributed by atoms with E-state index in [0.29, 0.717) is 6.08 Å². The Bertz CT molecular complexity index is 459. The SMILES string of the molecule is O=C(O)/C=C/C(=O)Nc1ccc(Cl)cc1F. The van der Waals surface area contributed by atoms with Gasteiger partial charge in [0.05, 0.1) is 5.69 Å². The highest BCUT2D eigenvalue weighted by atomic mass is 35.5. The molecule has 84 valence electrons. The molecule has 0 atom stereocenters. The number of carbonyl (C=O) groups is 2. The summed E-state index contributed by atoms with van der Waals surface area (Å²) >= 11 is 5.51. The highest BCUT2D eigenvalue weighted by Gasteiger charge is 2.05. The minimum atomic E-state index is -1.26. The molecule has 1 aromatic carbocycles. The van der Waals surface area contributed by atoms with E-state index in [1.54, 1.807) is 0 Å². The van der Waals surface area contributed by atoms with Gasteiger partial charge in [-0.15, -0.1) is 0 Å². The Hall–Kier alpha value is -1.88. The number of nitrogens with one attached hydrogen (secondary N) is 1. The van der Waals surface area contributed by atoms with E-state index < -0.39 is 17.7 Å². The molecule has 0 fully saturated rings. The van der Waals surface area contributed by atoms with Crippen molar-refractivity contribution >= 4 is 29.2 Å². The molecule has 0 aliphatic carbocycles. The first-order valence-corrected chi connectivity index (χ1v) is 4.54. The van der Waals surface area contributed by atoms with Crippen molar-refractivity contribution < 1.29 is 19.1 Å². The Morgan fingerprint density at radius 1 is 1.38 bits per heavy atom. The predicted octanol–water partition coefficient (Wildman–Crippen LogP) is 2.06. The Labute approximate surface area is 95.3 Å². The second-order valence-electron chi connectivity index (χ2n) is 2.78. The number of halogens is 2. The van der Waals surface area contributed by atoms with Crippen LogP contribution in [0.15, 0.2) is 30.4 Å². The van der Waals surface area contributed by atoms with Gasteiger partial charge >= 0.3 is 5.97 Å². The third kappa shape index (κ3) is 3.70. The highest BCUT2D eigenvalue weighted by Crippen LogP contribution is 2.18. The van der Waals surface area contributed by atoms with Gasteiger partial charge in [0.2, 0.25) is 5.91 Å². The Morgan fingerprint density at radius 2 is 2.06 bits per heavy atom. The lowest BCUT2D eigenvalue weighted by Crippen LogP contribution is -2.09. The number of rotatable bonds is 3. The molecule has 0 aliphatic rings. The van der Waals surface area contributed by atoms with E-state index in [-0.39, 0.29) is 10.7 Å². The van der Waals surface area contributed by atoms with Gasteiger partial charge in [0.15, 0.2) is 0 Å². The molecule has 2 N–H and O–H groups in total. The molecular weight excluding hydrogens is 237 g/mol. The normalized spacial score (nSPS) is 10.4. The van der Waals surface area contributed by atoms with E-state index in [2.05, 4.69) is 5.32 Å². The van der Waals surface area contributed by atoms with Gasteiger partial charge in [-0.25, -0.2) is 9.18 Å². The molecule has 0 unspecified atom stereocenters. The molecule has 1 aromatic rings. The molecule has 0 radical (unpaired) electrons. The summed E-state index contributed by atoms with van der Waals surface area (Å²) in [4.78, 5) is 21.2. The quantitative estimate of drug-likeness (QED) is 0.799. The van der Waals surface area contributed by atoms with Crippen LogP contribution in [-0.4, -0.2) is 17.0 Å². The van der Waals surface area contributed by atoms with E-state index in [4.69, 9.17) is 16.7 Å². The number of aliphatic carboxylic acids is 1. The van der Waals surface area contributed by atoms with Crippen LogP contribution in [0.2, 0.25) is 5.02 Å². The molecule has 6 heteroatoms. The molecule has 4 nitrogen and oxygen atoms in total. The van der Waals surface area contributed by atoms with Gasteiger partial charge in [0.25, 0.3) is 0 Å². The van der Waals surface area contributed by atoms with Crippen LogP contribution in [0.25, 0.3) is 0 Å². The Kier molecular flexibility index (Phi) is 4.02. The summed E-state index contributed by atoms with van der Waals surface area (Å²) in [6, 6.07) is 3.73. The minimum absolute atomic E-state index is 0.0653. The number of carboxylic acid groups (broad SMARTS) is 1. The van der Waals surface area contributed by atoms with Crippen molar-refractivity contribution in [2.24, 2.45) is 0 Å². The zero-order chi connectivity index (χ0) is 12.1. The van der Waals surface area contributed by atoms with Crippen LogP contribution in [0.3, 0.4) is 0 Å². The lowest BCUT2D eigenvalue weighted by Gasteiger charge is -2.03. The van der Waals surface area contributed by atoms with Crippen molar-refractivity contribution in [1.82, 2.24) is 0 Å². The number of carboxylic acids is 1. The maximum absolute atomic E-state index is 13.2. The molecule has 1 amide bonds. The Morgan fingerprint density at radius 3 is 2.62 bits per heavy atom. The predicted molar refractivity (Wildman–Crippen MR) is 56.8 cm³/mol. The van der Waals surface area contributed by atoms with Gasteiger partial charge in [0, 0.05) is 17.2 Å². The van der Waals surface area contributed by atoms with Gasteiger partial charge in [-0.05, 0) is 18.2 Å². The van der Waals surface area contributed by atoms with Gasteiger partial charge in [-0.1, -0.05) is 11.6 Å². The van der Waals surface area contributed by atoms with Crippen molar-refractivity contribution in [1.29, 1.82) is 0 Å². The molecular formula is C10H7ClFNO3. The van der Waals surface area contributed by atoms with Crippen LogP contribution in [-0.2, 0) is 9.59 Å². The average Bonchev–Trinajstić information content (AvgIpc) is 2.19. The van der Waals surface area contributed by atoms with Crippen LogP contribution >= 0.6 is 11.6 Å². The van der Waals surface area contributed by atoms with Crippen molar-refractivity contribution in [2.45, 2.75) is 0 Å². The summed E-state index contributed by atoms with van der Waals surface area (Å²) in [5.41, 5.74) is -0.0653. The maximum atomic E-state index is 13.2. The monoisotopic (exact) mass is 243 g/mol. The van der Waals surface area contributed by atoms with E-state index >= 15 is 0 Å². The number of anilines is 1. The first-order valence-electron chi connectivity index (χ1n) is 4.16. The standard InChI is InChI=1S/C10H7ClFNO3/c11-6-1-2-8(7(12)5-6)13-9(14)3-4-10(15)16/h1-5H,(H,13,14)(H,15,16)/b4-3+. The summed E-state index contributed by atoms with van der Waals surface area (Å²) in [6.07, 6.45) is 1.44. The number of amides is 1. The van der Waals surface area contributed by atoms with Crippen molar-refractivity contribution in [3.05, 3.63) is 41.2 Å². The van der Waals surface area contributed by atoms with Crippen LogP contribution < -0.4 is 5.32 Å². The van der Waals surface area contributed by atoms with E-state index in [1.807, 2.05) is 0 Å². The van der Waals surface area contributed by atoms with Crippen LogP contribution in [0, 0.1) is 5.82 Å². The van der Waals surface area contributed by atoms with Gasteiger partial charge in [-0.2, -0.15) is 0 Å². The van der Waals surface area contributed by atoms with Gasteiger partial charge in [0.1, 0.15) is 5.82 Å². The number of hydrogen-bond acceptors (Lipinski definition) is 2. The molecule has 0 bridgehead atoms. The van der Waals surface area contributed by atoms with Crippen molar-refractivity contribution in [3.63, 3.8) is 0 Å². The number of carbonyl (C=O) groups excluding carboxylic acids is 1. The molecule has 0 saturated carbocycles. The van der Waals surface area contributed by atoms with Crippen molar-refractivity contribution in [2.75, 3.05) is 5.32 Å². The molecule has 0 saturated heterocycles. The molecule has 0 spiro atoms. The molecule has 0 aromatic heterocycles. The molecule has 0 heterocycles. The number of benzene rings is 1. The topological polar surface area (TPSA) is 66.4 Å². The summed E-state index contributed by atoms with van der Waals surface area (Å²) < 4.78 is 13.2. The van der Waals surface area contributed by atoms with Gasteiger partial charge in [-0.3, -0.25) is 4.79 Å². The molecule has 0 aliphatic heterocycles. The number of hydrogen-bond donors (Lipinski definition) is 2. The fourth-order valence-corrected chi connectivity index (χ4v) is 1.07. The average molecular weight is 244 g/mol. The van der Waals surface area contributed by atoms with E-state index in [0.717, 1.165) is 12.1 Å². The van der Waals surface area contributed by atoms with Crippen LogP contribution in [0.5, 0.6) is 0 Å².